The number of nitrogens with zero attached hydrogens (tertiary/aromatic N) is 5. The van der Waals surface area contributed by atoms with Crippen LogP contribution < -0.4 is 0 Å². The van der Waals surface area contributed by atoms with Crippen molar-refractivity contribution in [3.8, 4) is 5.69 Å². The second-order valence-electron chi connectivity index (χ2n) is 6.96. The number of aromatic nitrogens is 4. The minimum atomic E-state index is -1.21. The highest BCUT2D eigenvalue weighted by atomic mass is 16.4. The van der Waals surface area contributed by atoms with Gasteiger partial charge in [-0.1, -0.05) is 11.3 Å². The number of aliphatic carboxylic acids is 1. The molecule has 3 heterocycles. The number of carboxylic acid groups (broad SMARTS) is 1. The molecule has 4 rings (SSSR count). The van der Waals surface area contributed by atoms with Crippen LogP contribution >= 0.6 is 0 Å². The van der Waals surface area contributed by atoms with Crippen molar-refractivity contribution >= 4 is 22.8 Å². The Morgan fingerprint density at radius 2 is 2.07 bits per heavy atom. The Morgan fingerprint density at radius 1 is 1.26 bits per heavy atom. The lowest BCUT2D eigenvalue weighted by Crippen LogP contribution is -2.51. The van der Waals surface area contributed by atoms with Crippen molar-refractivity contribution in [3.63, 3.8) is 0 Å². The van der Waals surface area contributed by atoms with E-state index in [1.54, 1.807) is 24.7 Å². The van der Waals surface area contributed by atoms with Gasteiger partial charge in [-0.15, -0.1) is 5.10 Å². The second-order valence-corrected chi connectivity index (χ2v) is 6.96. The maximum Gasteiger partial charge on any atom is 0.329 e. The van der Waals surface area contributed by atoms with Gasteiger partial charge in [0.1, 0.15) is 5.54 Å². The summed E-state index contributed by atoms with van der Waals surface area (Å²) < 4.78 is 1.59. The largest absolute Gasteiger partial charge is 0.480 e. The molecule has 0 aliphatic carbocycles. The van der Waals surface area contributed by atoms with E-state index in [9.17, 15) is 14.7 Å². The molecule has 1 amide bonds. The third-order valence-corrected chi connectivity index (χ3v) is 5.28. The number of amides is 1. The molecule has 27 heavy (non-hydrogen) atoms. The van der Waals surface area contributed by atoms with E-state index in [2.05, 4.69) is 15.3 Å². The summed E-state index contributed by atoms with van der Waals surface area (Å²) in [7, 11) is 0. The van der Waals surface area contributed by atoms with Gasteiger partial charge in [-0.25, -0.2) is 9.48 Å². The summed E-state index contributed by atoms with van der Waals surface area (Å²) in [6.07, 6.45) is 2.81. The average Bonchev–Trinajstić information content (AvgIpc) is 3.25. The molecule has 0 bridgehead atoms. The zero-order chi connectivity index (χ0) is 19.2. The predicted molar refractivity (Wildman–Crippen MR) is 97.7 cm³/mol. The molecule has 1 saturated heterocycles. The van der Waals surface area contributed by atoms with E-state index in [4.69, 9.17) is 0 Å². The quantitative estimate of drug-likeness (QED) is 0.764. The van der Waals surface area contributed by atoms with Crippen molar-refractivity contribution in [1.29, 1.82) is 0 Å². The molecule has 0 saturated carbocycles. The van der Waals surface area contributed by atoms with E-state index < -0.39 is 17.4 Å². The average molecular weight is 365 g/mol. The van der Waals surface area contributed by atoms with Gasteiger partial charge in [0.15, 0.2) is 5.69 Å². The van der Waals surface area contributed by atoms with Gasteiger partial charge in [0.05, 0.1) is 16.9 Å². The minimum absolute atomic E-state index is 0.177. The van der Waals surface area contributed by atoms with E-state index in [1.165, 1.54) is 4.90 Å². The van der Waals surface area contributed by atoms with Crippen molar-refractivity contribution in [2.75, 3.05) is 6.54 Å². The van der Waals surface area contributed by atoms with Crippen LogP contribution in [0.2, 0.25) is 0 Å². The highest BCUT2D eigenvalue weighted by Gasteiger charge is 2.47. The molecular weight excluding hydrogens is 346 g/mol. The third kappa shape index (κ3) is 2.64. The molecule has 1 aliphatic rings. The van der Waals surface area contributed by atoms with Crippen LogP contribution in [-0.4, -0.2) is 53.9 Å². The lowest BCUT2D eigenvalue weighted by atomic mass is 9.99. The zero-order valence-corrected chi connectivity index (χ0v) is 15.1. The molecule has 3 aromatic rings. The second kappa shape index (κ2) is 6.15. The molecule has 1 N–H and O–H groups in total. The lowest BCUT2D eigenvalue weighted by Gasteiger charge is -2.30. The number of carboxylic acids is 1. The van der Waals surface area contributed by atoms with E-state index in [1.807, 2.05) is 30.3 Å². The summed E-state index contributed by atoms with van der Waals surface area (Å²) in [6.45, 7) is 3.74. The van der Waals surface area contributed by atoms with Crippen molar-refractivity contribution in [2.24, 2.45) is 0 Å². The normalized spacial score (nSPS) is 19.6. The molecule has 1 atom stereocenters. The minimum Gasteiger partial charge on any atom is -0.480 e. The van der Waals surface area contributed by atoms with Crippen LogP contribution in [-0.2, 0) is 4.79 Å². The Labute approximate surface area is 155 Å². The highest BCUT2D eigenvalue weighted by Crippen LogP contribution is 2.31. The Balaban J connectivity index is 1.71. The first-order chi connectivity index (χ1) is 12.9. The van der Waals surface area contributed by atoms with Gasteiger partial charge in [-0.2, -0.15) is 0 Å². The van der Waals surface area contributed by atoms with Crippen LogP contribution in [0.5, 0.6) is 0 Å². The van der Waals surface area contributed by atoms with E-state index in [0.717, 1.165) is 16.6 Å². The summed E-state index contributed by atoms with van der Waals surface area (Å²) in [5, 5.41) is 18.7. The first kappa shape index (κ1) is 17.1. The van der Waals surface area contributed by atoms with E-state index in [0.29, 0.717) is 25.1 Å². The molecule has 1 fully saturated rings. The Morgan fingerprint density at radius 3 is 2.85 bits per heavy atom. The van der Waals surface area contributed by atoms with Gasteiger partial charge in [0.2, 0.25) is 0 Å². The molecule has 2 aromatic heterocycles. The van der Waals surface area contributed by atoms with Gasteiger partial charge >= 0.3 is 5.97 Å². The van der Waals surface area contributed by atoms with Gasteiger partial charge in [0, 0.05) is 18.1 Å². The number of carbonyl (C=O) groups excluding carboxylic acids is 1. The Bertz CT molecular complexity index is 1060. The SMILES string of the molecule is Cc1c(C(=O)N2CCCC2(C)C(=O)O)nnn1-c1ccc2ncccc2c1. The van der Waals surface area contributed by atoms with Crippen LogP contribution in [0, 0.1) is 6.92 Å². The smallest absolute Gasteiger partial charge is 0.329 e. The molecule has 0 radical (unpaired) electrons. The topological polar surface area (TPSA) is 101 Å². The Hall–Kier alpha value is -3.29. The zero-order valence-electron chi connectivity index (χ0n) is 15.1. The standard InChI is InChI=1S/C19H19N5O3/c1-12-16(17(25)23-10-4-8-19(23,2)18(26)27)21-22-24(12)14-6-7-15-13(11-14)5-3-9-20-15/h3,5-7,9,11H,4,8,10H2,1-2H3,(H,26,27). The fourth-order valence-electron chi connectivity index (χ4n) is 3.61. The number of fused-ring (bicyclic) bond motifs is 1. The number of hydrogen-bond acceptors (Lipinski definition) is 5. The fourth-order valence-corrected chi connectivity index (χ4v) is 3.61. The van der Waals surface area contributed by atoms with Crippen molar-refractivity contribution in [1.82, 2.24) is 24.9 Å². The van der Waals surface area contributed by atoms with E-state index in [-0.39, 0.29) is 5.69 Å². The first-order valence-corrected chi connectivity index (χ1v) is 8.74. The lowest BCUT2D eigenvalue weighted by molar-refractivity contribution is -0.147. The summed E-state index contributed by atoms with van der Waals surface area (Å²) in [6, 6.07) is 9.48. The number of likely N-dealkylation sites (tertiary alicyclic amines) is 1. The molecule has 138 valence electrons. The summed E-state index contributed by atoms with van der Waals surface area (Å²) in [4.78, 5) is 30.3. The van der Waals surface area contributed by atoms with Gasteiger partial charge in [-0.05, 0) is 51.0 Å². The summed E-state index contributed by atoms with van der Waals surface area (Å²) in [5.74, 6) is -1.40. The van der Waals surface area contributed by atoms with Crippen LogP contribution in [0.4, 0.5) is 0 Å². The Kier molecular flexibility index (Phi) is 3.91. The molecule has 1 unspecified atom stereocenters. The third-order valence-electron chi connectivity index (χ3n) is 5.28. The van der Waals surface area contributed by atoms with Gasteiger partial charge < -0.3 is 10.0 Å². The monoisotopic (exact) mass is 365 g/mol. The number of hydrogen-bond donors (Lipinski definition) is 1. The number of benzene rings is 1. The predicted octanol–water partition coefficient (Wildman–Crippen LogP) is 2.20. The summed E-state index contributed by atoms with van der Waals surface area (Å²) in [5.41, 5.74) is 1.17. The number of carbonyl (C=O) groups is 2. The van der Waals surface area contributed by atoms with Crippen molar-refractivity contribution < 1.29 is 14.7 Å². The number of rotatable bonds is 3. The van der Waals surface area contributed by atoms with E-state index >= 15 is 0 Å². The fraction of sp³-hybridized carbons (Fsp3) is 0.316. The first-order valence-electron chi connectivity index (χ1n) is 8.74. The van der Waals surface area contributed by atoms with Gasteiger partial charge in [0.25, 0.3) is 5.91 Å². The summed E-state index contributed by atoms with van der Waals surface area (Å²) >= 11 is 0. The molecule has 1 aromatic carbocycles. The van der Waals surface area contributed by atoms with Gasteiger partial charge in [-0.3, -0.25) is 9.78 Å². The highest BCUT2D eigenvalue weighted by molar-refractivity contribution is 5.97. The van der Waals surface area contributed by atoms with Crippen LogP contribution in [0.25, 0.3) is 16.6 Å². The maximum atomic E-state index is 13.0. The van der Waals surface area contributed by atoms with Crippen LogP contribution in [0.1, 0.15) is 35.9 Å². The molecule has 0 spiro atoms. The molecule has 8 heteroatoms. The molecular formula is C19H19N5O3. The van der Waals surface area contributed by atoms with Crippen LogP contribution in [0.15, 0.2) is 36.5 Å². The maximum absolute atomic E-state index is 13.0. The van der Waals surface area contributed by atoms with Crippen molar-refractivity contribution in [2.45, 2.75) is 32.2 Å². The molecule has 8 nitrogen and oxygen atoms in total. The molecule has 1 aliphatic heterocycles. The van der Waals surface area contributed by atoms with Crippen molar-refractivity contribution in [3.05, 3.63) is 47.9 Å². The number of pyridine rings is 1. The van der Waals surface area contributed by atoms with Crippen LogP contribution in [0.3, 0.4) is 0 Å².